The molecule has 94 valence electrons. The van der Waals surface area contributed by atoms with Gasteiger partial charge in [-0.25, -0.2) is 0 Å². The Morgan fingerprint density at radius 1 is 1.00 bits per heavy atom. The van der Waals surface area contributed by atoms with Crippen molar-refractivity contribution in [3.05, 3.63) is 80.6 Å². The second-order valence-electron chi connectivity index (χ2n) is 4.47. The molecule has 19 heavy (non-hydrogen) atoms. The molecule has 3 rings (SSSR count). The van der Waals surface area contributed by atoms with Crippen LogP contribution in [0.2, 0.25) is 0 Å². The first-order chi connectivity index (χ1) is 9.25. The topological polar surface area (TPSA) is 32.9 Å². The quantitative estimate of drug-likeness (QED) is 0.765. The maximum atomic E-state index is 12.1. The van der Waals surface area contributed by atoms with Crippen LogP contribution in [0.25, 0.3) is 10.9 Å². The molecular formula is C16H12BrNO. The number of halogens is 1. The van der Waals surface area contributed by atoms with Crippen molar-refractivity contribution in [2.75, 3.05) is 0 Å². The van der Waals surface area contributed by atoms with Gasteiger partial charge >= 0.3 is 0 Å². The van der Waals surface area contributed by atoms with Crippen LogP contribution >= 0.6 is 15.9 Å². The van der Waals surface area contributed by atoms with E-state index in [1.54, 1.807) is 6.20 Å². The molecule has 0 bridgehead atoms. The Balaban J connectivity index is 2.15. The second kappa shape index (κ2) is 5.02. The van der Waals surface area contributed by atoms with Gasteiger partial charge in [-0.05, 0) is 39.5 Å². The van der Waals surface area contributed by atoms with E-state index in [2.05, 4.69) is 39.1 Å². The fraction of sp³-hybridized carbons (Fsp3) is 0.0625. The minimum absolute atomic E-state index is 0.0312. The standard InChI is InChI=1S/C16H12BrNO/c17-14-10-18-15-12(7-4-8-13(15)16(14)19)9-11-5-2-1-3-6-11/h1-8,10H,9H2,(H,18,19). The van der Waals surface area contributed by atoms with E-state index in [9.17, 15) is 4.79 Å². The lowest BCUT2D eigenvalue weighted by atomic mass is 10.0. The highest BCUT2D eigenvalue weighted by molar-refractivity contribution is 9.10. The van der Waals surface area contributed by atoms with E-state index in [1.807, 2.05) is 30.3 Å². The van der Waals surface area contributed by atoms with Crippen molar-refractivity contribution in [2.45, 2.75) is 6.42 Å². The molecule has 1 heterocycles. The van der Waals surface area contributed by atoms with Gasteiger partial charge in [0.2, 0.25) is 5.43 Å². The number of hydrogen-bond acceptors (Lipinski definition) is 1. The summed E-state index contributed by atoms with van der Waals surface area (Å²) in [6, 6.07) is 16.1. The third-order valence-corrected chi connectivity index (χ3v) is 3.78. The number of aromatic nitrogens is 1. The van der Waals surface area contributed by atoms with Crippen LogP contribution in [0, 0.1) is 0 Å². The number of hydrogen-bond donors (Lipinski definition) is 1. The van der Waals surface area contributed by atoms with E-state index in [-0.39, 0.29) is 5.43 Å². The van der Waals surface area contributed by atoms with E-state index < -0.39 is 0 Å². The van der Waals surface area contributed by atoms with Crippen molar-refractivity contribution in [1.82, 2.24) is 4.98 Å². The number of benzene rings is 2. The van der Waals surface area contributed by atoms with Gasteiger partial charge in [-0.2, -0.15) is 0 Å². The Hall–Kier alpha value is -1.87. The molecule has 1 N–H and O–H groups in total. The maximum absolute atomic E-state index is 12.1. The van der Waals surface area contributed by atoms with Gasteiger partial charge in [-0.1, -0.05) is 42.5 Å². The van der Waals surface area contributed by atoms with Gasteiger partial charge in [-0.15, -0.1) is 0 Å². The van der Waals surface area contributed by atoms with E-state index in [1.165, 1.54) is 5.56 Å². The Morgan fingerprint density at radius 2 is 1.79 bits per heavy atom. The molecule has 0 saturated carbocycles. The lowest BCUT2D eigenvalue weighted by molar-refractivity contribution is 1.19. The summed E-state index contributed by atoms with van der Waals surface area (Å²) in [5.74, 6) is 0. The van der Waals surface area contributed by atoms with Gasteiger partial charge in [0.1, 0.15) is 0 Å². The van der Waals surface area contributed by atoms with Gasteiger partial charge in [0.25, 0.3) is 0 Å². The first-order valence-corrected chi connectivity index (χ1v) is 6.88. The summed E-state index contributed by atoms with van der Waals surface area (Å²) in [5.41, 5.74) is 3.32. The van der Waals surface area contributed by atoms with Crippen molar-refractivity contribution >= 4 is 26.8 Å². The minimum Gasteiger partial charge on any atom is -0.360 e. The molecule has 3 heteroatoms. The zero-order chi connectivity index (χ0) is 13.2. The molecule has 2 nitrogen and oxygen atoms in total. The zero-order valence-corrected chi connectivity index (χ0v) is 11.8. The molecule has 2 aromatic carbocycles. The number of fused-ring (bicyclic) bond motifs is 1. The molecule has 1 aromatic heterocycles. The van der Waals surface area contributed by atoms with E-state index in [4.69, 9.17) is 0 Å². The summed E-state index contributed by atoms with van der Waals surface area (Å²) in [6.45, 7) is 0. The average molecular weight is 314 g/mol. The molecule has 0 aliphatic carbocycles. The molecule has 0 unspecified atom stereocenters. The molecular weight excluding hydrogens is 302 g/mol. The number of aromatic amines is 1. The molecule has 0 saturated heterocycles. The Bertz CT molecular complexity index is 778. The summed E-state index contributed by atoms with van der Waals surface area (Å²) >= 11 is 3.26. The molecule has 0 amide bonds. The average Bonchev–Trinajstić information content (AvgIpc) is 2.45. The van der Waals surface area contributed by atoms with Crippen LogP contribution in [0.3, 0.4) is 0 Å². The highest BCUT2D eigenvalue weighted by Crippen LogP contribution is 2.18. The first-order valence-electron chi connectivity index (χ1n) is 6.08. The van der Waals surface area contributed by atoms with Crippen molar-refractivity contribution in [3.8, 4) is 0 Å². The zero-order valence-electron chi connectivity index (χ0n) is 10.2. The van der Waals surface area contributed by atoms with Crippen molar-refractivity contribution in [3.63, 3.8) is 0 Å². The molecule has 3 aromatic rings. The molecule has 0 aliphatic heterocycles. The van der Waals surface area contributed by atoms with Crippen molar-refractivity contribution in [2.24, 2.45) is 0 Å². The van der Waals surface area contributed by atoms with Gasteiger partial charge in [0.15, 0.2) is 0 Å². The van der Waals surface area contributed by atoms with Crippen LogP contribution < -0.4 is 5.43 Å². The molecule has 0 aliphatic rings. The lowest BCUT2D eigenvalue weighted by Crippen LogP contribution is -2.05. The van der Waals surface area contributed by atoms with E-state index in [0.29, 0.717) is 4.47 Å². The van der Waals surface area contributed by atoms with Gasteiger partial charge < -0.3 is 4.98 Å². The summed E-state index contributed by atoms with van der Waals surface area (Å²) in [7, 11) is 0. The van der Waals surface area contributed by atoms with Crippen LogP contribution in [0.15, 0.2) is 64.0 Å². The van der Waals surface area contributed by atoms with Crippen LogP contribution in [0.4, 0.5) is 0 Å². The number of rotatable bonds is 2. The molecule has 0 radical (unpaired) electrons. The van der Waals surface area contributed by atoms with E-state index in [0.717, 1.165) is 22.9 Å². The predicted molar refractivity (Wildman–Crippen MR) is 81.5 cm³/mol. The third-order valence-electron chi connectivity index (χ3n) is 3.19. The number of H-pyrrole nitrogens is 1. The first kappa shape index (κ1) is 12.2. The normalized spacial score (nSPS) is 10.8. The summed E-state index contributed by atoms with van der Waals surface area (Å²) in [6.07, 6.45) is 2.52. The van der Waals surface area contributed by atoms with Gasteiger partial charge in [0, 0.05) is 11.6 Å². The third kappa shape index (κ3) is 2.34. The fourth-order valence-electron chi connectivity index (χ4n) is 2.25. The predicted octanol–water partition coefficient (Wildman–Crippen LogP) is 3.88. The second-order valence-corrected chi connectivity index (χ2v) is 5.32. The van der Waals surface area contributed by atoms with Crippen molar-refractivity contribution < 1.29 is 0 Å². The molecule has 0 spiro atoms. The molecule has 0 atom stereocenters. The summed E-state index contributed by atoms with van der Waals surface area (Å²) in [4.78, 5) is 15.3. The monoisotopic (exact) mass is 313 g/mol. The van der Waals surface area contributed by atoms with Crippen LogP contribution in [0.5, 0.6) is 0 Å². The number of para-hydroxylation sites is 1. The Labute approximate surface area is 119 Å². The summed E-state index contributed by atoms with van der Waals surface area (Å²) < 4.78 is 0.567. The molecule has 0 fully saturated rings. The van der Waals surface area contributed by atoms with Gasteiger partial charge in [-0.3, -0.25) is 4.79 Å². The lowest BCUT2D eigenvalue weighted by Gasteiger charge is -2.07. The fourth-order valence-corrected chi connectivity index (χ4v) is 2.58. The summed E-state index contributed by atoms with van der Waals surface area (Å²) in [5, 5.41) is 0.725. The SMILES string of the molecule is O=c1c(Br)c[nH]c2c(Cc3ccccc3)cccc12. The van der Waals surface area contributed by atoms with Crippen LogP contribution in [0.1, 0.15) is 11.1 Å². The van der Waals surface area contributed by atoms with Crippen LogP contribution in [-0.4, -0.2) is 4.98 Å². The Kier molecular flexibility index (Phi) is 3.22. The van der Waals surface area contributed by atoms with Crippen LogP contribution in [-0.2, 0) is 6.42 Å². The largest absolute Gasteiger partial charge is 0.360 e. The number of pyridine rings is 1. The van der Waals surface area contributed by atoms with E-state index >= 15 is 0 Å². The highest BCUT2D eigenvalue weighted by atomic mass is 79.9. The van der Waals surface area contributed by atoms with Gasteiger partial charge in [0.05, 0.1) is 9.99 Å². The Morgan fingerprint density at radius 3 is 2.58 bits per heavy atom. The maximum Gasteiger partial charge on any atom is 0.203 e. The number of nitrogens with one attached hydrogen (secondary N) is 1. The smallest absolute Gasteiger partial charge is 0.203 e. The van der Waals surface area contributed by atoms with Crippen molar-refractivity contribution in [1.29, 1.82) is 0 Å². The highest BCUT2D eigenvalue weighted by Gasteiger charge is 2.07. The minimum atomic E-state index is 0.0312.